The number of hydrogen-bond acceptors (Lipinski definition) is 5. The van der Waals surface area contributed by atoms with Crippen LogP contribution < -0.4 is 0 Å². The van der Waals surface area contributed by atoms with Gasteiger partial charge in [-0.25, -0.2) is 0 Å². The predicted molar refractivity (Wildman–Crippen MR) is 112 cm³/mol. The lowest BCUT2D eigenvalue weighted by Gasteiger charge is -2.34. The number of aromatic nitrogens is 4. The Morgan fingerprint density at radius 1 is 1.00 bits per heavy atom. The summed E-state index contributed by atoms with van der Waals surface area (Å²) >= 11 is 0. The molecule has 7 heteroatoms. The van der Waals surface area contributed by atoms with Gasteiger partial charge in [0, 0.05) is 32.7 Å². The third kappa shape index (κ3) is 4.41. The van der Waals surface area contributed by atoms with Crippen molar-refractivity contribution < 1.29 is 4.79 Å². The summed E-state index contributed by atoms with van der Waals surface area (Å²) in [4.78, 5) is 17.4. The largest absolute Gasteiger partial charge is 0.336 e. The van der Waals surface area contributed by atoms with Gasteiger partial charge >= 0.3 is 0 Å². The number of rotatable bonds is 5. The summed E-state index contributed by atoms with van der Waals surface area (Å²) < 4.78 is 1.61. The maximum atomic E-state index is 13.1. The summed E-state index contributed by atoms with van der Waals surface area (Å²) in [6.07, 6.45) is 4.32. The molecule has 4 rings (SSSR count). The molecule has 2 heterocycles. The first-order valence-corrected chi connectivity index (χ1v) is 9.80. The van der Waals surface area contributed by atoms with E-state index in [2.05, 4.69) is 44.7 Å². The molecule has 0 atom stereocenters. The third-order valence-electron chi connectivity index (χ3n) is 5.12. The lowest BCUT2D eigenvalue weighted by Crippen LogP contribution is -2.48. The summed E-state index contributed by atoms with van der Waals surface area (Å²) in [5.41, 5.74) is 2.55. The summed E-state index contributed by atoms with van der Waals surface area (Å²) in [6.45, 7) is 5.84. The number of aryl methyl sites for hydroxylation is 1. The number of piperazine rings is 1. The molecule has 29 heavy (non-hydrogen) atoms. The van der Waals surface area contributed by atoms with Crippen molar-refractivity contribution in [1.29, 1.82) is 0 Å². The highest BCUT2D eigenvalue weighted by molar-refractivity contribution is 5.97. The SMILES string of the molecule is Cc1nnnn1-c1ccccc1C(=O)N1CCN(CC=Cc2ccccc2)CC1. The van der Waals surface area contributed by atoms with Crippen LogP contribution in [0, 0.1) is 6.92 Å². The van der Waals surface area contributed by atoms with Gasteiger partial charge in [0.2, 0.25) is 0 Å². The number of tetrazole rings is 1. The molecule has 7 nitrogen and oxygen atoms in total. The Bertz CT molecular complexity index is 989. The number of carbonyl (C=O) groups is 1. The van der Waals surface area contributed by atoms with E-state index in [9.17, 15) is 4.79 Å². The summed E-state index contributed by atoms with van der Waals surface area (Å²) in [7, 11) is 0. The monoisotopic (exact) mass is 388 g/mol. The standard InChI is InChI=1S/C22H24N6O/c1-18-23-24-25-28(18)21-12-6-5-11-20(21)22(29)27-16-14-26(15-17-27)13-7-10-19-8-3-2-4-9-19/h2-12H,13-17H2,1H3. The van der Waals surface area contributed by atoms with Crippen LogP contribution in [0.5, 0.6) is 0 Å². The Morgan fingerprint density at radius 2 is 1.72 bits per heavy atom. The van der Waals surface area contributed by atoms with Crippen LogP contribution in [0.1, 0.15) is 21.7 Å². The van der Waals surface area contributed by atoms with E-state index in [0.717, 1.165) is 19.6 Å². The molecule has 2 aromatic carbocycles. The number of para-hydroxylation sites is 1. The molecule has 0 saturated carbocycles. The molecule has 0 radical (unpaired) electrons. The number of carbonyl (C=O) groups excluding carboxylic acids is 1. The molecule has 1 fully saturated rings. The average molecular weight is 388 g/mol. The lowest BCUT2D eigenvalue weighted by atomic mass is 10.1. The van der Waals surface area contributed by atoms with Crippen LogP contribution in [-0.2, 0) is 0 Å². The normalized spacial score (nSPS) is 15.1. The molecule has 3 aromatic rings. The molecule has 148 valence electrons. The number of nitrogens with zero attached hydrogens (tertiary/aromatic N) is 6. The minimum atomic E-state index is 0.0231. The minimum absolute atomic E-state index is 0.0231. The van der Waals surface area contributed by atoms with Crippen molar-refractivity contribution in [3.8, 4) is 5.69 Å². The Morgan fingerprint density at radius 3 is 2.45 bits per heavy atom. The van der Waals surface area contributed by atoms with Crippen LogP contribution >= 0.6 is 0 Å². The van der Waals surface area contributed by atoms with Crippen molar-refractivity contribution in [1.82, 2.24) is 30.0 Å². The molecule has 1 amide bonds. The van der Waals surface area contributed by atoms with E-state index in [0.29, 0.717) is 30.2 Å². The molecule has 1 aliphatic rings. The molecule has 1 aromatic heterocycles. The molecule has 1 saturated heterocycles. The van der Waals surface area contributed by atoms with Crippen LogP contribution in [-0.4, -0.2) is 68.6 Å². The van der Waals surface area contributed by atoms with Crippen LogP contribution in [0.3, 0.4) is 0 Å². The van der Waals surface area contributed by atoms with Crippen LogP contribution in [0.2, 0.25) is 0 Å². The first-order valence-electron chi connectivity index (χ1n) is 9.80. The van der Waals surface area contributed by atoms with Crippen molar-refractivity contribution in [2.75, 3.05) is 32.7 Å². The fourth-order valence-corrected chi connectivity index (χ4v) is 3.50. The Labute approximate surface area is 170 Å². The zero-order valence-electron chi connectivity index (χ0n) is 16.5. The first kappa shape index (κ1) is 19.0. The van der Waals surface area contributed by atoms with Gasteiger partial charge in [0.25, 0.3) is 5.91 Å². The molecule has 0 N–H and O–H groups in total. The zero-order valence-corrected chi connectivity index (χ0v) is 16.5. The quantitative estimate of drug-likeness (QED) is 0.672. The minimum Gasteiger partial charge on any atom is -0.336 e. The number of hydrogen-bond donors (Lipinski definition) is 0. The second-order valence-electron chi connectivity index (χ2n) is 7.06. The van der Waals surface area contributed by atoms with Gasteiger partial charge in [-0.2, -0.15) is 4.68 Å². The van der Waals surface area contributed by atoms with Gasteiger partial charge in [-0.1, -0.05) is 54.6 Å². The van der Waals surface area contributed by atoms with E-state index in [1.807, 2.05) is 54.3 Å². The smallest absolute Gasteiger partial charge is 0.256 e. The van der Waals surface area contributed by atoms with Crippen molar-refractivity contribution in [3.05, 3.63) is 77.6 Å². The van der Waals surface area contributed by atoms with Gasteiger partial charge in [-0.05, 0) is 35.0 Å². The summed E-state index contributed by atoms with van der Waals surface area (Å²) in [6, 6.07) is 17.8. The van der Waals surface area contributed by atoms with Gasteiger partial charge in [0.15, 0.2) is 5.82 Å². The molecule has 1 aliphatic heterocycles. The van der Waals surface area contributed by atoms with Gasteiger partial charge in [-0.15, -0.1) is 5.10 Å². The third-order valence-corrected chi connectivity index (χ3v) is 5.12. The highest BCUT2D eigenvalue weighted by Crippen LogP contribution is 2.18. The van der Waals surface area contributed by atoms with Crippen LogP contribution in [0.25, 0.3) is 11.8 Å². The predicted octanol–water partition coefficient (Wildman–Crippen LogP) is 2.44. The average Bonchev–Trinajstić information content (AvgIpc) is 3.20. The topological polar surface area (TPSA) is 67.2 Å². The lowest BCUT2D eigenvalue weighted by molar-refractivity contribution is 0.0650. The van der Waals surface area contributed by atoms with Crippen LogP contribution in [0.4, 0.5) is 0 Å². The van der Waals surface area contributed by atoms with Gasteiger partial charge in [-0.3, -0.25) is 9.69 Å². The van der Waals surface area contributed by atoms with Crippen LogP contribution in [0.15, 0.2) is 60.7 Å². The zero-order chi connectivity index (χ0) is 20.1. The highest BCUT2D eigenvalue weighted by Gasteiger charge is 2.24. The van der Waals surface area contributed by atoms with E-state index >= 15 is 0 Å². The Kier molecular flexibility index (Phi) is 5.76. The van der Waals surface area contributed by atoms with Gasteiger partial charge < -0.3 is 4.90 Å². The van der Waals surface area contributed by atoms with Crippen molar-refractivity contribution in [3.63, 3.8) is 0 Å². The molecule has 0 aliphatic carbocycles. The first-order chi connectivity index (χ1) is 14.2. The molecular formula is C22H24N6O. The Balaban J connectivity index is 1.38. The van der Waals surface area contributed by atoms with E-state index in [4.69, 9.17) is 0 Å². The molecule has 0 unspecified atom stereocenters. The number of benzene rings is 2. The van der Waals surface area contributed by atoms with E-state index in [1.165, 1.54) is 5.56 Å². The van der Waals surface area contributed by atoms with Crippen molar-refractivity contribution >= 4 is 12.0 Å². The van der Waals surface area contributed by atoms with E-state index in [-0.39, 0.29) is 5.91 Å². The van der Waals surface area contributed by atoms with Crippen molar-refractivity contribution in [2.45, 2.75) is 6.92 Å². The van der Waals surface area contributed by atoms with E-state index < -0.39 is 0 Å². The Hall–Kier alpha value is -3.32. The fourth-order valence-electron chi connectivity index (χ4n) is 3.50. The highest BCUT2D eigenvalue weighted by atomic mass is 16.2. The van der Waals surface area contributed by atoms with Gasteiger partial charge in [0.05, 0.1) is 11.3 Å². The molecule has 0 bridgehead atoms. The van der Waals surface area contributed by atoms with E-state index in [1.54, 1.807) is 4.68 Å². The van der Waals surface area contributed by atoms with Gasteiger partial charge in [0.1, 0.15) is 0 Å². The second-order valence-corrected chi connectivity index (χ2v) is 7.06. The number of amides is 1. The molecule has 0 spiro atoms. The second kappa shape index (κ2) is 8.79. The maximum absolute atomic E-state index is 13.1. The summed E-state index contributed by atoms with van der Waals surface area (Å²) in [5.74, 6) is 0.676. The maximum Gasteiger partial charge on any atom is 0.256 e. The molecular weight excluding hydrogens is 364 g/mol. The van der Waals surface area contributed by atoms with Crippen molar-refractivity contribution in [2.24, 2.45) is 0 Å². The fraction of sp³-hybridized carbons (Fsp3) is 0.273. The summed E-state index contributed by atoms with van der Waals surface area (Å²) in [5, 5.41) is 11.6.